The summed E-state index contributed by atoms with van der Waals surface area (Å²) in [6.45, 7) is 0. The average molecular weight is 336 g/mol. The van der Waals surface area contributed by atoms with Crippen molar-refractivity contribution in [1.29, 1.82) is 0 Å². The predicted octanol–water partition coefficient (Wildman–Crippen LogP) is 4.84. The van der Waals surface area contributed by atoms with E-state index in [9.17, 15) is 0 Å². The van der Waals surface area contributed by atoms with Crippen LogP contribution in [0, 0.1) is 0 Å². The van der Waals surface area contributed by atoms with E-state index in [1.165, 1.54) is 0 Å². The maximum absolute atomic E-state index is 6.42. The van der Waals surface area contributed by atoms with E-state index in [0.717, 1.165) is 0 Å². The summed E-state index contributed by atoms with van der Waals surface area (Å²) in [6, 6.07) is 9.86. The predicted molar refractivity (Wildman–Crippen MR) is 84.2 cm³/mol. The lowest BCUT2D eigenvalue weighted by Crippen LogP contribution is -2.14. The number of hydrogen-bond donors (Lipinski definition) is 2. The fourth-order valence-corrected chi connectivity index (χ4v) is 3.23. The van der Waals surface area contributed by atoms with Gasteiger partial charge in [0.1, 0.15) is 0 Å². The van der Waals surface area contributed by atoms with Crippen LogP contribution in [0.4, 0.5) is 11.4 Å². The molecule has 0 aromatic heterocycles. The number of nitrogens with two attached hydrogens (primary N) is 2. The van der Waals surface area contributed by atoms with Gasteiger partial charge in [0.15, 0.2) is 4.33 Å². The van der Waals surface area contributed by atoms with Crippen molar-refractivity contribution in [2.24, 2.45) is 0 Å². The molecule has 0 heterocycles. The topological polar surface area (TPSA) is 52.0 Å². The van der Waals surface area contributed by atoms with Crippen molar-refractivity contribution in [2.75, 3.05) is 11.5 Å². The van der Waals surface area contributed by atoms with Crippen LogP contribution in [0.5, 0.6) is 0 Å². The van der Waals surface area contributed by atoms with E-state index in [0.29, 0.717) is 32.5 Å². The zero-order valence-electron chi connectivity index (χ0n) is 9.63. The third-order valence-corrected chi connectivity index (χ3v) is 4.10. The van der Waals surface area contributed by atoms with Crippen LogP contribution in [0.25, 0.3) is 0 Å². The Balaban J connectivity index is 2.58. The lowest BCUT2D eigenvalue weighted by atomic mass is 10.0. The van der Waals surface area contributed by atoms with E-state index in [2.05, 4.69) is 0 Å². The summed E-state index contributed by atoms with van der Waals surface area (Å²) in [5.41, 5.74) is 13.4. The summed E-state index contributed by atoms with van der Waals surface area (Å²) in [4.78, 5) is 0. The fourth-order valence-electron chi connectivity index (χ4n) is 1.72. The number of halogens is 4. The number of hydrogen-bond acceptors (Lipinski definition) is 2. The smallest absolute Gasteiger partial charge is 0.170 e. The van der Waals surface area contributed by atoms with Gasteiger partial charge in [-0.25, -0.2) is 0 Å². The standard InChI is InChI=1S/C13H10Cl4N2/c14-11-5-7(18)1-3-9(11)13(16,17)10-4-2-8(19)6-12(10)15/h1-6H,18-19H2. The third-order valence-electron chi connectivity index (χ3n) is 2.66. The second-order valence-corrected chi connectivity index (χ2v) is 6.19. The molecular weight excluding hydrogens is 326 g/mol. The van der Waals surface area contributed by atoms with Gasteiger partial charge in [-0.05, 0) is 24.3 Å². The summed E-state index contributed by atoms with van der Waals surface area (Å²) < 4.78 is -1.38. The normalized spacial score (nSPS) is 11.6. The average Bonchev–Trinajstić information content (AvgIpc) is 2.27. The van der Waals surface area contributed by atoms with Crippen LogP contribution in [0.3, 0.4) is 0 Å². The van der Waals surface area contributed by atoms with Crippen LogP contribution in [-0.2, 0) is 4.33 Å². The van der Waals surface area contributed by atoms with Crippen LogP contribution >= 0.6 is 46.4 Å². The van der Waals surface area contributed by atoms with Crippen molar-refractivity contribution in [1.82, 2.24) is 0 Å². The summed E-state index contributed by atoms with van der Waals surface area (Å²) in [6.07, 6.45) is 0. The zero-order valence-corrected chi connectivity index (χ0v) is 12.7. The van der Waals surface area contributed by atoms with Crippen molar-refractivity contribution < 1.29 is 0 Å². The van der Waals surface area contributed by atoms with Gasteiger partial charge < -0.3 is 11.5 Å². The molecule has 0 aliphatic carbocycles. The Bertz CT molecular complexity index is 573. The monoisotopic (exact) mass is 334 g/mol. The molecule has 0 spiro atoms. The summed E-state index contributed by atoms with van der Waals surface area (Å²) in [7, 11) is 0. The van der Waals surface area contributed by atoms with Gasteiger partial charge in [0.2, 0.25) is 0 Å². The van der Waals surface area contributed by atoms with E-state index in [1.807, 2.05) is 0 Å². The molecule has 0 bridgehead atoms. The van der Waals surface area contributed by atoms with Gasteiger partial charge in [-0.15, -0.1) is 0 Å². The molecule has 19 heavy (non-hydrogen) atoms. The lowest BCUT2D eigenvalue weighted by molar-refractivity contribution is 1.04. The Hall–Kier alpha value is -0.800. The molecule has 2 rings (SSSR count). The molecule has 0 fully saturated rings. The molecule has 0 aliphatic heterocycles. The first-order valence-corrected chi connectivity index (χ1v) is 6.82. The minimum Gasteiger partial charge on any atom is -0.399 e. The van der Waals surface area contributed by atoms with E-state index in [1.54, 1.807) is 36.4 Å². The molecule has 0 amide bonds. The maximum atomic E-state index is 6.42. The molecule has 0 saturated carbocycles. The Morgan fingerprint density at radius 1 is 0.737 bits per heavy atom. The zero-order chi connectivity index (χ0) is 14.2. The molecule has 2 aromatic rings. The van der Waals surface area contributed by atoms with E-state index >= 15 is 0 Å². The minimum atomic E-state index is -1.38. The molecule has 2 nitrogen and oxygen atoms in total. The first-order chi connectivity index (χ1) is 8.82. The van der Waals surface area contributed by atoms with Gasteiger partial charge in [-0.3, -0.25) is 0 Å². The summed E-state index contributed by atoms with van der Waals surface area (Å²) in [5.74, 6) is 0. The highest BCUT2D eigenvalue weighted by Crippen LogP contribution is 2.46. The van der Waals surface area contributed by atoms with Gasteiger partial charge in [-0.1, -0.05) is 58.5 Å². The molecule has 0 atom stereocenters. The largest absolute Gasteiger partial charge is 0.399 e. The van der Waals surface area contributed by atoms with Crippen molar-refractivity contribution in [2.45, 2.75) is 4.33 Å². The second-order valence-electron chi connectivity index (χ2n) is 4.05. The number of benzene rings is 2. The third kappa shape index (κ3) is 2.87. The summed E-state index contributed by atoms with van der Waals surface area (Å²) >= 11 is 25.1. The van der Waals surface area contributed by atoms with Crippen LogP contribution in [0.2, 0.25) is 10.0 Å². The Morgan fingerprint density at radius 3 is 1.42 bits per heavy atom. The van der Waals surface area contributed by atoms with Gasteiger partial charge in [0.05, 0.1) is 0 Å². The van der Waals surface area contributed by atoms with Crippen molar-refractivity contribution >= 4 is 57.8 Å². The molecule has 100 valence electrons. The van der Waals surface area contributed by atoms with Crippen molar-refractivity contribution in [3.05, 3.63) is 57.6 Å². The highest BCUT2D eigenvalue weighted by Gasteiger charge is 2.33. The van der Waals surface area contributed by atoms with Crippen LogP contribution in [0.1, 0.15) is 11.1 Å². The van der Waals surface area contributed by atoms with Crippen molar-refractivity contribution in [3.8, 4) is 0 Å². The molecule has 6 heteroatoms. The molecular formula is C13H10Cl4N2. The van der Waals surface area contributed by atoms with Crippen LogP contribution < -0.4 is 11.5 Å². The number of rotatable bonds is 2. The minimum absolute atomic E-state index is 0.373. The number of nitrogen functional groups attached to an aromatic ring is 2. The lowest BCUT2D eigenvalue weighted by Gasteiger charge is -2.23. The molecule has 0 radical (unpaired) electrons. The summed E-state index contributed by atoms with van der Waals surface area (Å²) in [5, 5.41) is 0.746. The van der Waals surface area contributed by atoms with Crippen molar-refractivity contribution in [3.63, 3.8) is 0 Å². The highest BCUT2D eigenvalue weighted by molar-refractivity contribution is 6.52. The SMILES string of the molecule is Nc1ccc(C(Cl)(Cl)c2ccc(N)cc2Cl)c(Cl)c1. The Morgan fingerprint density at radius 2 is 1.11 bits per heavy atom. The highest BCUT2D eigenvalue weighted by atomic mass is 35.5. The molecule has 4 N–H and O–H groups in total. The van der Waals surface area contributed by atoms with E-state index in [4.69, 9.17) is 57.9 Å². The maximum Gasteiger partial charge on any atom is 0.170 e. The first kappa shape index (κ1) is 14.6. The first-order valence-electron chi connectivity index (χ1n) is 5.31. The number of anilines is 2. The molecule has 0 aliphatic rings. The van der Waals surface area contributed by atoms with Crippen LogP contribution in [0.15, 0.2) is 36.4 Å². The van der Waals surface area contributed by atoms with E-state index < -0.39 is 4.33 Å². The molecule has 0 unspecified atom stereocenters. The van der Waals surface area contributed by atoms with Gasteiger partial charge in [0, 0.05) is 32.5 Å². The number of alkyl halides is 2. The van der Waals surface area contributed by atoms with Gasteiger partial charge in [0.25, 0.3) is 0 Å². The Kier molecular flexibility index (Phi) is 4.07. The van der Waals surface area contributed by atoms with Gasteiger partial charge >= 0.3 is 0 Å². The quantitative estimate of drug-likeness (QED) is 0.609. The van der Waals surface area contributed by atoms with Gasteiger partial charge in [-0.2, -0.15) is 0 Å². The second kappa shape index (κ2) is 5.29. The van der Waals surface area contributed by atoms with Crippen LogP contribution in [-0.4, -0.2) is 0 Å². The molecule has 0 saturated heterocycles. The fraction of sp³-hybridized carbons (Fsp3) is 0.0769. The molecule has 2 aromatic carbocycles. The van der Waals surface area contributed by atoms with E-state index in [-0.39, 0.29) is 0 Å². The Labute approximate surface area is 131 Å².